The highest BCUT2D eigenvalue weighted by Gasteiger charge is 2.41. The number of rotatable bonds is 6. The second-order valence-corrected chi connectivity index (χ2v) is 8.63. The van der Waals surface area contributed by atoms with E-state index in [0.717, 1.165) is 30.5 Å². The van der Waals surface area contributed by atoms with Crippen molar-refractivity contribution in [3.63, 3.8) is 0 Å². The maximum absolute atomic E-state index is 12.9. The highest BCUT2D eigenvalue weighted by atomic mass is 19.4. The van der Waals surface area contributed by atoms with Crippen LogP contribution in [0.1, 0.15) is 43.7 Å². The van der Waals surface area contributed by atoms with Crippen LogP contribution in [0.4, 0.5) is 18.9 Å². The van der Waals surface area contributed by atoms with Crippen LogP contribution in [0.2, 0.25) is 0 Å². The number of aliphatic imine (C=N–C) groups is 1. The SMILES string of the molecule is Cc1ccc(N(C)C/C=C(/C=NC(C)C(F)(F)F)C2CC3CCC2C3)cc1C. The average Bonchev–Trinajstić information content (AvgIpc) is 3.26. The van der Waals surface area contributed by atoms with E-state index in [0.29, 0.717) is 18.4 Å². The first-order chi connectivity index (χ1) is 13.1. The third-order valence-corrected chi connectivity index (χ3v) is 6.62. The third kappa shape index (κ3) is 4.79. The zero-order valence-electron chi connectivity index (χ0n) is 17.3. The summed E-state index contributed by atoms with van der Waals surface area (Å²) < 4.78 is 38.7. The van der Waals surface area contributed by atoms with E-state index in [9.17, 15) is 13.2 Å². The van der Waals surface area contributed by atoms with Crippen LogP contribution in [-0.2, 0) is 0 Å². The minimum atomic E-state index is -4.29. The largest absolute Gasteiger partial charge is 0.410 e. The van der Waals surface area contributed by atoms with Crippen LogP contribution in [0.25, 0.3) is 0 Å². The molecule has 2 aliphatic rings. The van der Waals surface area contributed by atoms with Crippen LogP contribution in [0.15, 0.2) is 34.8 Å². The van der Waals surface area contributed by atoms with E-state index in [1.807, 2.05) is 7.05 Å². The summed E-state index contributed by atoms with van der Waals surface area (Å²) in [6.07, 6.45) is 4.10. The quantitative estimate of drug-likeness (QED) is 0.532. The summed E-state index contributed by atoms with van der Waals surface area (Å²) >= 11 is 0. The summed E-state index contributed by atoms with van der Waals surface area (Å²) in [5, 5.41) is 0. The van der Waals surface area contributed by atoms with Crippen molar-refractivity contribution < 1.29 is 13.2 Å². The van der Waals surface area contributed by atoms with E-state index in [-0.39, 0.29) is 0 Å². The summed E-state index contributed by atoms with van der Waals surface area (Å²) in [6, 6.07) is 4.69. The van der Waals surface area contributed by atoms with Crippen LogP contribution in [0.3, 0.4) is 0 Å². The van der Waals surface area contributed by atoms with Crippen LogP contribution < -0.4 is 4.90 Å². The number of nitrogens with zero attached hydrogens (tertiary/aromatic N) is 2. The third-order valence-electron chi connectivity index (χ3n) is 6.62. The van der Waals surface area contributed by atoms with Crippen molar-refractivity contribution in [3.8, 4) is 0 Å². The van der Waals surface area contributed by atoms with Gasteiger partial charge in [0, 0.05) is 25.5 Å². The van der Waals surface area contributed by atoms with Gasteiger partial charge in [0.2, 0.25) is 0 Å². The van der Waals surface area contributed by atoms with Crippen molar-refractivity contribution in [1.82, 2.24) is 0 Å². The topological polar surface area (TPSA) is 15.6 Å². The number of hydrogen-bond acceptors (Lipinski definition) is 2. The van der Waals surface area contributed by atoms with Gasteiger partial charge in [0.05, 0.1) is 0 Å². The van der Waals surface area contributed by atoms with Crippen LogP contribution >= 0.6 is 0 Å². The van der Waals surface area contributed by atoms with Crippen molar-refractivity contribution >= 4 is 11.9 Å². The zero-order chi connectivity index (χ0) is 20.5. The van der Waals surface area contributed by atoms with Crippen molar-refractivity contribution in [1.29, 1.82) is 0 Å². The first kappa shape index (κ1) is 20.9. The van der Waals surface area contributed by atoms with E-state index in [1.165, 1.54) is 36.6 Å². The Hall–Kier alpha value is -1.78. The molecule has 0 spiro atoms. The molecule has 5 heteroatoms. The van der Waals surface area contributed by atoms with Crippen molar-refractivity contribution in [2.24, 2.45) is 22.7 Å². The van der Waals surface area contributed by atoms with Crippen molar-refractivity contribution in [3.05, 3.63) is 41.0 Å². The van der Waals surface area contributed by atoms with Gasteiger partial charge in [0.15, 0.2) is 0 Å². The molecular weight excluding hydrogens is 361 g/mol. The van der Waals surface area contributed by atoms with Crippen molar-refractivity contribution in [2.75, 3.05) is 18.5 Å². The molecule has 3 rings (SSSR count). The van der Waals surface area contributed by atoms with Gasteiger partial charge in [-0.25, -0.2) is 0 Å². The van der Waals surface area contributed by atoms with Gasteiger partial charge in [0.1, 0.15) is 6.04 Å². The molecule has 0 N–H and O–H groups in total. The summed E-state index contributed by atoms with van der Waals surface area (Å²) in [5.74, 6) is 1.70. The van der Waals surface area contributed by atoms with E-state index in [1.54, 1.807) is 0 Å². The Morgan fingerprint density at radius 1 is 1.21 bits per heavy atom. The number of benzene rings is 1. The summed E-state index contributed by atoms with van der Waals surface area (Å²) in [5.41, 5.74) is 4.59. The number of likely N-dealkylation sites (N-methyl/N-ethyl adjacent to an activating group) is 1. The molecule has 1 aromatic rings. The van der Waals surface area contributed by atoms with Crippen LogP contribution in [-0.4, -0.2) is 32.0 Å². The van der Waals surface area contributed by atoms with Crippen LogP contribution in [0, 0.1) is 31.6 Å². The zero-order valence-corrected chi connectivity index (χ0v) is 17.3. The van der Waals surface area contributed by atoms with Gasteiger partial charge in [-0.3, -0.25) is 4.99 Å². The lowest BCUT2D eigenvalue weighted by molar-refractivity contribution is -0.142. The normalized spacial score (nSPS) is 26.2. The minimum Gasteiger partial charge on any atom is -0.371 e. The van der Waals surface area contributed by atoms with Crippen molar-refractivity contribution in [2.45, 2.75) is 58.7 Å². The molecule has 0 aromatic heterocycles. The number of alkyl halides is 3. The molecule has 0 aliphatic heterocycles. The van der Waals surface area contributed by atoms with Gasteiger partial charge in [-0.15, -0.1) is 0 Å². The number of allylic oxidation sites excluding steroid dienone is 1. The first-order valence-electron chi connectivity index (χ1n) is 10.2. The molecular formula is C23H31F3N2. The predicted molar refractivity (Wildman–Crippen MR) is 110 cm³/mol. The fourth-order valence-electron chi connectivity index (χ4n) is 4.55. The lowest BCUT2D eigenvalue weighted by atomic mass is 9.83. The first-order valence-corrected chi connectivity index (χ1v) is 10.2. The summed E-state index contributed by atoms with van der Waals surface area (Å²) in [6.45, 7) is 5.97. The number of fused-ring (bicyclic) bond motifs is 2. The highest BCUT2D eigenvalue weighted by molar-refractivity contribution is 5.80. The molecule has 4 unspecified atom stereocenters. The second-order valence-electron chi connectivity index (χ2n) is 8.63. The van der Waals surface area contributed by atoms with Gasteiger partial charge < -0.3 is 4.90 Å². The predicted octanol–water partition coefficient (Wildman–Crippen LogP) is 6.12. The number of anilines is 1. The second kappa shape index (κ2) is 8.30. The molecule has 0 heterocycles. The summed E-state index contributed by atoms with van der Waals surface area (Å²) in [7, 11) is 2.02. The van der Waals surface area contributed by atoms with Gasteiger partial charge in [0.25, 0.3) is 0 Å². The maximum Gasteiger partial charge on any atom is 0.410 e. The standard InChI is InChI=1S/C23H31F3N2/c1-15-5-8-21(11-16(15)2)28(4)10-9-20(14-27-17(3)23(24,25)26)22-13-18-6-7-19(22)12-18/h5,8-9,11,14,17-19,22H,6-7,10,12-13H2,1-4H3/b20-9-,27-14?. The molecule has 2 aliphatic carbocycles. The number of hydrogen-bond donors (Lipinski definition) is 0. The van der Waals surface area contributed by atoms with E-state index in [2.05, 4.69) is 48.0 Å². The van der Waals surface area contributed by atoms with E-state index < -0.39 is 12.2 Å². The van der Waals surface area contributed by atoms with E-state index >= 15 is 0 Å². The molecule has 154 valence electrons. The Kier molecular flexibility index (Phi) is 6.21. The molecule has 1 aromatic carbocycles. The molecule has 2 saturated carbocycles. The van der Waals surface area contributed by atoms with Gasteiger partial charge in [-0.2, -0.15) is 13.2 Å². The number of aryl methyl sites for hydroxylation is 2. The Labute approximate surface area is 166 Å². The average molecular weight is 393 g/mol. The fourth-order valence-corrected chi connectivity index (χ4v) is 4.55. The Morgan fingerprint density at radius 2 is 1.96 bits per heavy atom. The Bertz CT molecular complexity index is 751. The van der Waals surface area contributed by atoms with Gasteiger partial charge >= 0.3 is 6.18 Å². The molecule has 0 radical (unpaired) electrons. The van der Waals surface area contributed by atoms with Gasteiger partial charge in [-0.1, -0.05) is 18.6 Å². The fraction of sp³-hybridized carbons (Fsp3) is 0.609. The highest BCUT2D eigenvalue weighted by Crippen LogP contribution is 2.50. The maximum atomic E-state index is 12.9. The lowest BCUT2D eigenvalue weighted by Gasteiger charge is -2.25. The van der Waals surface area contributed by atoms with E-state index in [4.69, 9.17) is 0 Å². The molecule has 2 fully saturated rings. The number of halogens is 3. The molecule has 28 heavy (non-hydrogen) atoms. The molecule has 0 amide bonds. The van der Waals surface area contributed by atoms with Crippen LogP contribution in [0.5, 0.6) is 0 Å². The Morgan fingerprint density at radius 3 is 2.54 bits per heavy atom. The minimum absolute atomic E-state index is 0.357. The molecule has 0 saturated heterocycles. The smallest absolute Gasteiger partial charge is 0.371 e. The monoisotopic (exact) mass is 392 g/mol. The molecule has 2 nitrogen and oxygen atoms in total. The molecule has 4 atom stereocenters. The van der Waals surface area contributed by atoms with Gasteiger partial charge in [-0.05, 0) is 86.6 Å². The Balaban J connectivity index is 1.77. The summed E-state index contributed by atoms with van der Waals surface area (Å²) in [4.78, 5) is 6.00. The molecule has 2 bridgehead atoms. The lowest BCUT2D eigenvalue weighted by Crippen LogP contribution is -2.24.